The zero-order valence-corrected chi connectivity index (χ0v) is 30.2. The first-order valence-corrected chi connectivity index (χ1v) is 21.0. The van der Waals surface area contributed by atoms with Crippen LogP contribution >= 0.6 is 34.4 Å². The number of hydrogen-bond acceptors (Lipinski definition) is 9. The summed E-state index contributed by atoms with van der Waals surface area (Å²) in [5, 5.41) is 4.06. The standard InChI is InChI=1S/C34H36N2O6S5/c1-34(2)22-24(19-32-35(13-6-16-46(37,38)39)27-8-3-4-9-30(27)44-32)18-25(23-34)20-33-36(14-7-17-47(40,41)42)28-21-26(11-12-31(28)45-33)29-10-5-15-43-29/h3-5,8-12,15,18-21H,6-7,13-14,16-17,22-23H2,1-2H3,(H-,37,38,39,40,41,42). The molecule has 1 aliphatic heterocycles. The van der Waals surface area contributed by atoms with Crippen LogP contribution in [-0.4, -0.2) is 44.0 Å². The lowest BCUT2D eigenvalue weighted by Gasteiger charge is -2.31. The van der Waals surface area contributed by atoms with Gasteiger partial charge in [-0.15, -0.1) is 11.3 Å². The minimum atomic E-state index is -4.32. The number of para-hydroxylation sites is 1. The molecule has 0 spiro atoms. The third-order valence-electron chi connectivity index (χ3n) is 8.09. The fourth-order valence-corrected chi connectivity index (χ4v) is 10.3. The molecule has 2 aromatic heterocycles. The summed E-state index contributed by atoms with van der Waals surface area (Å²) in [6, 6.07) is 18.5. The van der Waals surface area contributed by atoms with Gasteiger partial charge in [0.05, 0.1) is 26.6 Å². The van der Waals surface area contributed by atoms with E-state index in [1.54, 1.807) is 34.4 Å². The van der Waals surface area contributed by atoms with Gasteiger partial charge in [-0.3, -0.25) is 4.55 Å². The van der Waals surface area contributed by atoms with Crippen molar-refractivity contribution >= 4 is 76.7 Å². The number of hydrogen-bond donors (Lipinski definition) is 1. The minimum Gasteiger partial charge on any atom is -0.748 e. The number of thioether (sulfide) groups is 1. The van der Waals surface area contributed by atoms with Crippen molar-refractivity contribution in [2.45, 2.75) is 51.0 Å². The molecule has 13 heteroatoms. The van der Waals surface area contributed by atoms with Gasteiger partial charge >= 0.3 is 0 Å². The fraction of sp³-hybridized carbons (Fsp3) is 0.324. The summed E-state index contributed by atoms with van der Waals surface area (Å²) in [6.07, 6.45) is 8.86. The zero-order valence-electron chi connectivity index (χ0n) is 26.1. The lowest BCUT2D eigenvalue weighted by molar-refractivity contribution is -0.668. The van der Waals surface area contributed by atoms with Gasteiger partial charge in [-0.25, -0.2) is 8.42 Å². The molecule has 0 atom stereocenters. The number of benzene rings is 2. The molecular formula is C34H36N2O6S5. The summed E-state index contributed by atoms with van der Waals surface area (Å²) in [7, 11) is -8.37. The van der Waals surface area contributed by atoms with Crippen molar-refractivity contribution < 1.29 is 30.5 Å². The Morgan fingerprint density at radius 3 is 2.55 bits per heavy atom. The van der Waals surface area contributed by atoms with Crippen molar-refractivity contribution in [3.05, 3.63) is 93.3 Å². The Labute approximate surface area is 288 Å². The highest BCUT2D eigenvalue weighted by molar-refractivity contribution is 8.03. The summed E-state index contributed by atoms with van der Waals surface area (Å²) >= 11 is 4.98. The second kappa shape index (κ2) is 13.6. The van der Waals surface area contributed by atoms with Gasteiger partial charge < -0.3 is 9.45 Å². The van der Waals surface area contributed by atoms with Gasteiger partial charge in [0, 0.05) is 40.6 Å². The maximum absolute atomic E-state index is 11.5. The highest BCUT2D eigenvalue weighted by Crippen LogP contribution is 2.49. The van der Waals surface area contributed by atoms with Crippen molar-refractivity contribution in [2.75, 3.05) is 23.0 Å². The van der Waals surface area contributed by atoms with Crippen LogP contribution in [0.4, 0.5) is 5.69 Å². The molecule has 6 rings (SSSR count). The number of nitrogens with zero attached hydrogens (tertiary/aromatic N) is 2. The summed E-state index contributed by atoms with van der Waals surface area (Å²) in [4.78, 5) is 4.38. The van der Waals surface area contributed by atoms with Crippen LogP contribution in [-0.2, 0) is 26.8 Å². The lowest BCUT2D eigenvalue weighted by Crippen LogP contribution is -2.36. The van der Waals surface area contributed by atoms with Crippen LogP contribution in [0.1, 0.15) is 44.5 Å². The maximum Gasteiger partial charge on any atom is 0.265 e. The van der Waals surface area contributed by atoms with Crippen LogP contribution < -0.4 is 9.47 Å². The van der Waals surface area contributed by atoms with E-state index in [-0.39, 0.29) is 17.6 Å². The second-order valence-corrected chi connectivity index (χ2v) is 18.8. The molecule has 0 radical (unpaired) electrons. The van der Waals surface area contributed by atoms with Crippen LogP contribution in [0.15, 0.2) is 93.2 Å². The molecule has 0 bridgehead atoms. The molecule has 1 N–H and O–H groups in total. The maximum atomic E-state index is 11.5. The van der Waals surface area contributed by atoms with Gasteiger partial charge in [-0.1, -0.05) is 67.3 Å². The summed E-state index contributed by atoms with van der Waals surface area (Å²) in [5.74, 6) is -0.708. The average molecular weight is 729 g/mol. The van der Waals surface area contributed by atoms with Gasteiger partial charge in [0.1, 0.15) is 4.70 Å². The number of aromatic nitrogens is 1. The number of anilines is 1. The molecule has 1 aliphatic carbocycles. The third kappa shape index (κ3) is 8.63. The van der Waals surface area contributed by atoms with Crippen molar-refractivity contribution in [1.29, 1.82) is 0 Å². The van der Waals surface area contributed by atoms with E-state index >= 15 is 0 Å². The highest BCUT2D eigenvalue weighted by Gasteiger charge is 2.30. The SMILES string of the molecule is CC1(C)CC(/C=C2\Sc3ccc(-c4cccs4)cc3N2CCCS(=O)(=O)[O-])=CC(=C/c2sc3ccccc3[n+]2CCCS(=O)(=O)O)/C1. The molecule has 0 amide bonds. The van der Waals surface area contributed by atoms with Gasteiger partial charge in [0.2, 0.25) is 5.52 Å². The van der Waals surface area contributed by atoms with Crippen LogP contribution in [0, 0.1) is 5.41 Å². The number of thiazole rings is 1. The Bertz CT molecular complexity index is 2110. The number of fused-ring (bicyclic) bond motifs is 2. The number of aryl methyl sites for hydroxylation is 1. The van der Waals surface area contributed by atoms with Gasteiger partial charge in [-0.2, -0.15) is 13.0 Å². The first-order valence-electron chi connectivity index (χ1n) is 15.3. The topological polar surface area (TPSA) is 119 Å². The Morgan fingerprint density at radius 2 is 1.81 bits per heavy atom. The normalized spacial score (nSPS) is 18.3. The molecule has 2 aliphatic rings. The van der Waals surface area contributed by atoms with E-state index in [0.717, 1.165) is 65.3 Å². The van der Waals surface area contributed by atoms with Crippen molar-refractivity contribution in [3.8, 4) is 10.4 Å². The van der Waals surface area contributed by atoms with E-state index in [2.05, 4.69) is 71.9 Å². The largest absolute Gasteiger partial charge is 0.748 e. The predicted octanol–water partition coefficient (Wildman–Crippen LogP) is 7.71. The average Bonchev–Trinajstić information content (AvgIpc) is 3.70. The van der Waals surface area contributed by atoms with Gasteiger partial charge in [0.25, 0.3) is 15.1 Å². The molecule has 248 valence electrons. The van der Waals surface area contributed by atoms with Gasteiger partial charge in [-0.05, 0) is 77.1 Å². The molecule has 4 aromatic rings. The Kier molecular flexibility index (Phi) is 9.88. The monoisotopic (exact) mass is 728 g/mol. The first kappa shape index (κ1) is 34.1. The van der Waals surface area contributed by atoms with E-state index in [4.69, 9.17) is 0 Å². The van der Waals surface area contributed by atoms with Crippen LogP contribution in [0.25, 0.3) is 26.7 Å². The van der Waals surface area contributed by atoms with Crippen molar-refractivity contribution in [2.24, 2.45) is 5.41 Å². The minimum absolute atomic E-state index is 0.0244. The number of thiophene rings is 1. The third-order valence-corrected chi connectivity index (χ3v) is 12.8. The first-order chi connectivity index (χ1) is 22.2. The van der Waals surface area contributed by atoms with E-state index in [1.807, 2.05) is 29.6 Å². The molecule has 0 fully saturated rings. The smallest absolute Gasteiger partial charge is 0.265 e. The summed E-state index contributed by atoms with van der Waals surface area (Å²) < 4.78 is 69.7. The Morgan fingerprint density at radius 1 is 1.00 bits per heavy atom. The Hall–Kier alpha value is -2.78. The quantitative estimate of drug-likeness (QED) is 0.123. The summed E-state index contributed by atoms with van der Waals surface area (Å²) in [5.41, 5.74) is 5.42. The molecule has 0 saturated carbocycles. The second-order valence-electron chi connectivity index (χ2n) is 12.7. The van der Waals surface area contributed by atoms with E-state index < -0.39 is 26.0 Å². The Balaban J connectivity index is 1.35. The molecule has 47 heavy (non-hydrogen) atoms. The molecule has 0 saturated heterocycles. The molecule has 0 unspecified atom stereocenters. The van der Waals surface area contributed by atoms with E-state index in [9.17, 15) is 25.9 Å². The molecule has 8 nitrogen and oxygen atoms in total. The van der Waals surface area contributed by atoms with Crippen LogP contribution in [0.5, 0.6) is 0 Å². The lowest BCUT2D eigenvalue weighted by atomic mass is 9.75. The number of rotatable bonds is 11. The molecule has 2 aromatic carbocycles. The molecule has 3 heterocycles. The number of allylic oxidation sites excluding steroid dienone is 4. The van der Waals surface area contributed by atoms with Crippen molar-refractivity contribution in [3.63, 3.8) is 0 Å². The fourth-order valence-electron chi connectivity index (χ4n) is 6.24. The highest BCUT2D eigenvalue weighted by atomic mass is 32.2. The summed E-state index contributed by atoms with van der Waals surface area (Å²) in [6.45, 7) is 5.37. The molecular weight excluding hydrogens is 693 g/mol. The van der Waals surface area contributed by atoms with Crippen LogP contribution in [0.3, 0.4) is 0 Å². The zero-order chi connectivity index (χ0) is 33.4. The van der Waals surface area contributed by atoms with E-state index in [1.165, 1.54) is 0 Å². The van der Waals surface area contributed by atoms with Gasteiger partial charge in [0.15, 0.2) is 6.54 Å². The predicted molar refractivity (Wildman–Crippen MR) is 192 cm³/mol. The van der Waals surface area contributed by atoms with Crippen molar-refractivity contribution in [1.82, 2.24) is 0 Å². The van der Waals surface area contributed by atoms with E-state index in [0.29, 0.717) is 19.5 Å². The van der Waals surface area contributed by atoms with Crippen LogP contribution in [0.2, 0.25) is 0 Å².